The van der Waals surface area contributed by atoms with Gasteiger partial charge < -0.3 is 10.2 Å². The molecule has 4 rings (SSSR count). The number of Topliss-reactive ketones (excluding diaryl/α,β-unsaturated/α-hetero) is 1. The minimum Gasteiger partial charge on any atom is -0.393 e. The van der Waals surface area contributed by atoms with Crippen LogP contribution in [-0.2, 0) is 9.59 Å². The SMILES string of the molecule is C=C=C[C@]12C[C@H](O)[C@H]3[C@@H](CCC4=CC(=O)CC[C@@]43C)[C@@H]1CC[C@@H]2C(=O)CO. The van der Waals surface area contributed by atoms with E-state index in [9.17, 15) is 19.8 Å². The molecule has 4 heteroatoms. The van der Waals surface area contributed by atoms with Crippen molar-refractivity contribution in [2.75, 3.05) is 6.61 Å². The van der Waals surface area contributed by atoms with E-state index in [1.165, 1.54) is 5.57 Å². The molecule has 0 heterocycles. The van der Waals surface area contributed by atoms with Crippen LogP contribution in [0.25, 0.3) is 0 Å². The second kappa shape index (κ2) is 6.55. The molecule has 0 bridgehead atoms. The topological polar surface area (TPSA) is 74.6 Å². The Balaban J connectivity index is 1.76. The molecule has 0 aliphatic heterocycles. The van der Waals surface area contributed by atoms with Gasteiger partial charge in [0.15, 0.2) is 11.6 Å². The molecule has 0 aromatic heterocycles. The lowest BCUT2D eigenvalue weighted by Crippen LogP contribution is -2.57. The monoisotopic (exact) mass is 370 g/mol. The molecule has 4 aliphatic carbocycles. The Bertz CT molecular complexity index is 745. The second-order valence-corrected chi connectivity index (χ2v) is 9.37. The Morgan fingerprint density at radius 2 is 2.15 bits per heavy atom. The van der Waals surface area contributed by atoms with Crippen LogP contribution in [-0.4, -0.2) is 34.5 Å². The Labute approximate surface area is 161 Å². The highest BCUT2D eigenvalue weighted by Crippen LogP contribution is 2.67. The first-order chi connectivity index (χ1) is 12.9. The van der Waals surface area contributed by atoms with Crippen LogP contribution in [0.4, 0.5) is 0 Å². The molecular formula is C23H30O4. The van der Waals surface area contributed by atoms with Crippen LogP contribution in [0.3, 0.4) is 0 Å². The Morgan fingerprint density at radius 1 is 1.37 bits per heavy atom. The van der Waals surface area contributed by atoms with Gasteiger partial charge in [0.2, 0.25) is 0 Å². The summed E-state index contributed by atoms with van der Waals surface area (Å²) in [5, 5.41) is 20.8. The number of allylic oxidation sites excluding steroid dienone is 2. The van der Waals surface area contributed by atoms with Gasteiger partial charge in [0.1, 0.15) is 6.61 Å². The van der Waals surface area contributed by atoms with Crippen LogP contribution >= 0.6 is 0 Å². The molecule has 4 aliphatic rings. The predicted octanol–water partition coefficient (Wildman–Crippen LogP) is 2.99. The number of fused-ring (bicyclic) bond motifs is 5. The van der Waals surface area contributed by atoms with Gasteiger partial charge in [-0.2, -0.15) is 0 Å². The fourth-order valence-corrected chi connectivity index (χ4v) is 7.41. The highest BCUT2D eigenvalue weighted by atomic mass is 16.3. The summed E-state index contributed by atoms with van der Waals surface area (Å²) in [5.74, 6) is 0.590. The number of hydrogen-bond acceptors (Lipinski definition) is 4. The van der Waals surface area contributed by atoms with Gasteiger partial charge in [-0.3, -0.25) is 9.59 Å². The van der Waals surface area contributed by atoms with Gasteiger partial charge in [0, 0.05) is 17.8 Å². The van der Waals surface area contributed by atoms with Crippen molar-refractivity contribution in [3.63, 3.8) is 0 Å². The summed E-state index contributed by atoms with van der Waals surface area (Å²) in [6.45, 7) is 5.55. The van der Waals surface area contributed by atoms with Gasteiger partial charge in [-0.1, -0.05) is 19.1 Å². The summed E-state index contributed by atoms with van der Waals surface area (Å²) in [5.41, 5.74) is 3.57. The maximum Gasteiger partial charge on any atom is 0.162 e. The zero-order valence-corrected chi connectivity index (χ0v) is 16.1. The van der Waals surface area contributed by atoms with Crippen LogP contribution < -0.4 is 0 Å². The first-order valence-electron chi connectivity index (χ1n) is 10.3. The van der Waals surface area contributed by atoms with Crippen molar-refractivity contribution in [2.45, 2.75) is 58.0 Å². The summed E-state index contributed by atoms with van der Waals surface area (Å²) < 4.78 is 0. The van der Waals surface area contributed by atoms with Crippen molar-refractivity contribution in [2.24, 2.45) is 34.5 Å². The van der Waals surface area contributed by atoms with E-state index in [4.69, 9.17) is 0 Å². The molecule has 146 valence electrons. The van der Waals surface area contributed by atoms with E-state index >= 15 is 0 Å². The molecule has 0 radical (unpaired) electrons. The standard InChI is InChI=1S/C23H30O4/c1-3-9-23-12-19(26)21-16(17(23)6-7-18(23)20(27)13-24)5-4-14-11-15(25)8-10-22(14,21)2/h9,11,16-19,21,24,26H,1,4-8,10,12-13H2,2H3/t16-,17-,18+,19-,21+,22-,23-/m0/s1. The first-order valence-corrected chi connectivity index (χ1v) is 10.3. The lowest BCUT2D eigenvalue weighted by atomic mass is 9.45. The Kier molecular flexibility index (Phi) is 4.57. The first kappa shape index (κ1) is 18.9. The molecule has 2 N–H and O–H groups in total. The Morgan fingerprint density at radius 3 is 2.85 bits per heavy atom. The van der Waals surface area contributed by atoms with Crippen molar-refractivity contribution in [1.29, 1.82) is 0 Å². The minimum absolute atomic E-state index is 0.125. The smallest absolute Gasteiger partial charge is 0.162 e. The molecule has 3 fully saturated rings. The highest BCUT2D eigenvalue weighted by molar-refractivity contribution is 5.91. The third-order valence-corrected chi connectivity index (χ3v) is 8.42. The maximum atomic E-state index is 12.5. The normalized spacial score (nSPS) is 45.8. The summed E-state index contributed by atoms with van der Waals surface area (Å²) >= 11 is 0. The van der Waals surface area contributed by atoms with Crippen molar-refractivity contribution in [3.8, 4) is 0 Å². The average molecular weight is 370 g/mol. The maximum absolute atomic E-state index is 12.5. The summed E-state index contributed by atoms with van der Waals surface area (Å²) in [4.78, 5) is 24.4. The van der Waals surface area contributed by atoms with Crippen molar-refractivity contribution in [1.82, 2.24) is 0 Å². The minimum atomic E-state index is -0.523. The van der Waals surface area contributed by atoms with Crippen LogP contribution in [0, 0.1) is 34.5 Å². The van der Waals surface area contributed by atoms with E-state index in [1.54, 1.807) is 0 Å². The van der Waals surface area contributed by atoms with E-state index in [0.717, 1.165) is 32.1 Å². The molecule has 0 unspecified atom stereocenters. The van der Waals surface area contributed by atoms with Crippen LogP contribution in [0.15, 0.2) is 30.0 Å². The van der Waals surface area contributed by atoms with Gasteiger partial charge in [-0.25, -0.2) is 0 Å². The molecule has 7 atom stereocenters. The largest absolute Gasteiger partial charge is 0.393 e. The molecule has 0 amide bonds. The van der Waals surface area contributed by atoms with E-state index in [1.807, 2.05) is 12.2 Å². The predicted molar refractivity (Wildman–Crippen MR) is 102 cm³/mol. The van der Waals surface area contributed by atoms with Gasteiger partial charge in [-0.05, 0) is 73.8 Å². The third-order valence-electron chi connectivity index (χ3n) is 8.42. The average Bonchev–Trinajstić information content (AvgIpc) is 3.00. The van der Waals surface area contributed by atoms with E-state index < -0.39 is 18.1 Å². The number of carbonyl (C=O) groups is 2. The number of hydrogen-bond donors (Lipinski definition) is 2. The summed E-state index contributed by atoms with van der Waals surface area (Å²) in [6.07, 6.45) is 8.69. The third kappa shape index (κ3) is 2.57. The van der Waals surface area contributed by atoms with Crippen molar-refractivity contribution >= 4 is 11.6 Å². The van der Waals surface area contributed by atoms with E-state index in [0.29, 0.717) is 24.7 Å². The van der Waals surface area contributed by atoms with E-state index in [2.05, 4.69) is 19.2 Å². The quantitative estimate of drug-likeness (QED) is 0.749. The summed E-state index contributed by atoms with van der Waals surface area (Å²) in [7, 11) is 0. The summed E-state index contributed by atoms with van der Waals surface area (Å²) in [6, 6.07) is 0. The lowest BCUT2D eigenvalue weighted by Gasteiger charge is -2.59. The number of ketones is 2. The van der Waals surface area contributed by atoms with Crippen LogP contribution in [0.5, 0.6) is 0 Å². The van der Waals surface area contributed by atoms with Gasteiger partial charge in [0.05, 0.1) is 6.10 Å². The number of rotatable bonds is 3. The van der Waals surface area contributed by atoms with Crippen molar-refractivity contribution < 1.29 is 19.8 Å². The van der Waals surface area contributed by atoms with Crippen LogP contribution in [0.2, 0.25) is 0 Å². The fourth-order valence-electron chi connectivity index (χ4n) is 7.41. The number of aliphatic hydroxyl groups is 2. The van der Waals surface area contributed by atoms with Crippen LogP contribution in [0.1, 0.15) is 51.9 Å². The van der Waals surface area contributed by atoms with Gasteiger partial charge in [-0.15, -0.1) is 5.73 Å². The van der Waals surface area contributed by atoms with Gasteiger partial charge >= 0.3 is 0 Å². The van der Waals surface area contributed by atoms with Gasteiger partial charge in [0.25, 0.3) is 0 Å². The number of carbonyl (C=O) groups excluding carboxylic acids is 2. The second-order valence-electron chi connectivity index (χ2n) is 9.37. The Hall–Kier alpha value is -1.48. The zero-order valence-electron chi connectivity index (χ0n) is 16.1. The van der Waals surface area contributed by atoms with Crippen molar-refractivity contribution in [3.05, 3.63) is 30.0 Å². The molecule has 3 saturated carbocycles. The molecule has 0 saturated heterocycles. The number of aliphatic hydroxyl groups excluding tert-OH is 2. The highest BCUT2D eigenvalue weighted by Gasteiger charge is 2.63. The fraction of sp³-hybridized carbons (Fsp3) is 0.696. The molecular weight excluding hydrogens is 340 g/mol. The molecule has 0 aromatic carbocycles. The molecule has 0 aromatic rings. The molecule has 27 heavy (non-hydrogen) atoms. The zero-order chi connectivity index (χ0) is 19.4. The lowest BCUT2D eigenvalue weighted by molar-refractivity contribution is -0.141. The molecule has 0 spiro atoms. The van der Waals surface area contributed by atoms with E-state index in [-0.39, 0.29) is 28.8 Å². The molecule has 4 nitrogen and oxygen atoms in total.